The summed E-state index contributed by atoms with van der Waals surface area (Å²) in [6.07, 6.45) is 4.13. The zero-order valence-electron chi connectivity index (χ0n) is 14.8. The molecule has 0 aromatic heterocycles. The third-order valence-corrected chi connectivity index (χ3v) is 5.31. The quantitative estimate of drug-likeness (QED) is 0.778. The summed E-state index contributed by atoms with van der Waals surface area (Å²) < 4.78 is 0. The van der Waals surface area contributed by atoms with Crippen LogP contribution in [0.2, 0.25) is 0 Å². The molecule has 2 fully saturated rings. The number of imide groups is 1. The van der Waals surface area contributed by atoms with E-state index >= 15 is 0 Å². The van der Waals surface area contributed by atoms with Gasteiger partial charge in [0.25, 0.3) is 5.91 Å². The lowest BCUT2D eigenvalue weighted by molar-refractivity contribution is -0.135. The molecule has 1 aliphatic carbocycles. The molecule has 3 rings (SSSR count). The van der Waals surface area contributed by atoms with Crippen LogP contribution in [0.4, 0.5) is 4.79 Å². The van der Waals surface area contributed by atoms with E-state index in [1.165, 1.54) is 0 Å². The minimum atomic E-state index is -0.903. The van der Waals surface area contributed by atoms with E-state index in [-0.39, 0.29) is 23.9 Å². The van der Waals surface area contributed by atoms with Gasteiger partial charge in [0.05, 0.1) is 5.54 Å². The largest absolute Gasteiger partial charge is 0.345 e. The van der Waals surface area contributed by atoms with Crippen molar-refractivity contribution in [3.63, 3.8) is 0 Å². The van der Waals surface area contributed by atoms with E-state index in [9.17, 15) is 14.4 Å². The van der Waals surface area contributed by atoms with E-state index in [1.807, 2.05) is 37.3 Å². The summed E-state index contributed by atoms with van der Waals surface area (Å²) in [5, 5.41) is 5.78. The molecule has 1 atom stereocenters. The maximum atomic E-state index is 12.6. The minimum absolute atomic E-state index is 0.238. The molecule has 0 spiro atoms. The molecule has 1 saturated heterocycles. The first-order chi connectivity index (χ1) is 11.9. The highest BCUT2D eigenvalue weighted by atomic mass is 16.2. The molecule has 1 saturated carbocycles. The van der Waals surface area contributed by atoms with Crippen molar-refractivity contribution in [3.8, 4) is 0 Å². The van der Waals surface area contributed by atoms with Gasteiger partial charge < -0.3 is 10.6 Å². The summed E-state index contributed by atoms with van der Waals surface area (Å²) in [6, 6.07) is 9.37. The Hall–Kier alpha value is -2.37. The van der Waals surface area contributed by atoms with Crippen LogP contribution in [0.5, 0.6) is 0 Å². The predicted molar refractivity (Wildman–Crippen MR) is 93.7 cm³/mol. The monoisotopic (exact) mass is 343 g/mol. The Bertz CT molecular complexity index is 684. The van der Waals surface area contributed by atoms with E-state index in [1.54, 1.807) is 6.92 Å². The second kappa shape index (κ2) is 6.50. The molecule has 2 aliphatic rings. The second-order valence-corrected chi connectivity index (χ2v) is 7.25. The third-order valence-electron chi connectivity index (χ3n) is 5.31. The zero-order chi connectivity index (χ0) is 18.1. The molecule has 1 aromatic carbocycles. The van der Waals surface area contributed by atoms with Gasteiger partial charge in [-0.1, -0.05) is 43.7 Å². The highest BCUT2D eigenvalue weighted by molar-refractivity contribution is 6.08. The van der Waals surface area contributed by atoms with Crippen LogP contribution in [-0.2, 0) is 15.1 Å². The molecule has 134 valence electrons. The lowest BCUT2D eigenvalue weighted by Gasteiger charge is -2.43. The molecule has 1 aromatic rings. The van der Waals surface area contributed by atoms with E-state index < -0.39 is 11.6 Å². The number of carbonyl (C=O) groups is 3. The third kappa shape index (κ3) is 3.13. The average Bonchev–Trinajstić information content (AvgIpc) is 2.75. The molecule has 0 radical (unpaired) electrons. The number of hydrogen-bond acceptors (Lipinski definition) is 3. The SMILES string of the molecule is CCCC1(C)NC(=O)N(CC(=O)NC2(c3ccccc3)CCC2)C1=O. The average molecular weight is 343 g/mol. The van der Waals surface area contributed by atoms with Gasteiger partial charge in [-0.2, -0.15) is 0 Å². The van der Waals surface area contributed by atoms with Gasteiger partial charge in [0, 0.05) is 0 Å². The maximum Gasteiger partial charge on any atom is 0.325 e. The number of nitrogens with zero attached hydrogens (tertiary/aromatic N) is 1. The topological polar surface area (TPSA) is 78.5 Å². The minimum Gasteiger partial charge on any atom is -0.345 e. The van der Waals surface area contributed by atoms with Gasteiger partial charge in [-0.05, 0) is 38.2 Å². The summed E-state index contributed by atoms with van der Waals surface area (Å²) in [4.78, 5) is 38.3. The van der Waals surface area contributed by atoms with Crippen molar-refractivity contribution in [1.82, 2.24) is 15.5 Å². The molecular weight excluding hydrogens is 318 g/mol. The molecule has 6 nitrogen and oxygen atoms in total. The number of rotatable bonds is 6. The Labute approximate surface area is 148 Å². The van der Waals surface area contributed by atoms with E-state index in [0.29, 0.717) is 6.42 Å². The molecule has 1 heterocycles. The highest BCUT2D eigenvalue weighted by Gasteiger charge is 2.48. The molecule has 4 amide bonds. The van der Waals surface area contributed by atoms with Crippen LogP contribution in [0, 0.1) is 0 Å². The van der Waals surface area contributed by atoms with Crippen molar-refractivity contribution in [2.45, 2.75) is 57.0 Å². The van der Waals surface area contributed by atoms with Crippen molar-refractivity contribution in [2.75, 3.05) is 6.54 Å². The summed E-state index contributed by atoms with van der Waals surface area (Å²) in [7, 11) is 0. The van der Waals surface area contributed by atoms with E-state index in [2.05, 4.69) is 10.6 Å². The van der Waals surface area contributed by atoms with Crippen LogP contribution in [0.25, 0.3) is 0 Å². The summed E-state index contributed by atoms with van der Waals surface area (Å²) in [5.74, 6) is -0.621. The number of carbonyl (C=O) groups excluding carboxylic acids is 3. The standard InChI is InChI=1S/C19H25N3O3/c1-3-10-18(2)16(24)22(17(25)21-18)13-15(23)20-19(11-7-12-19)14-8-5-4-6-9-14/h4-6,8-9H,3,7,10-13H2,1-2H3,(H,20,23)(H,21,25). The number of urea groups is 1. The second-order valence-electron chi connectivity index (χ2n) is 7.25. The van der Waals surface area contributed by atoms with Gasteiger partial charge in [0.15, 0.2) is 0 Å². The summed E-state index contributed by atoms with van der Waals surface area (Å²) in [5.41, 5.74) is -0.202. The fourth-order valence-electron chi connectivity index (χ4n) is 3.78. The maximum absolute atomic E-state index is 12.6. The van der Waals surface area contributed by atoms with Crippen LogP contribution in [0.3, 0.4) is 0 Å². The van der Waals surface area contributed by atoms with Crippen LogP contribution in [-0.4, -0.2) is 34.8 Å². The first-order valence-electron chi connectivity index (χ1n) is 8.91. The van der Waals surface area contributed by atoms with Gasteiger partial charge >= 0.3 is 6.03 Å². The number of benzene rings is 1. The molecule has 25 heavy (non-hydrogen) atoms. The van der Waals surface area contributed by atoms with Gasteiger partial charge in [-0.15, -0.1) is 0 Å². The van der Waals surface area contributed by atoms with Crippen molar-refractivity contribution in [2.24, 2.45) is 0 Å². The number of nitrogens with one attached hydrogen (secondary N) is 2. The fourth-order valence-corrected chi connectivity index (χ4v) is 3.78. The number of amides is 4. The van der Waals surface area contributed by atoms with Gasteiger partial charge in [0.2, 0.25) is 5.91 Å². The first kappa shape index (κ1) is 17.5. The molecular formula is C19H25N3O3. The van der Waals surface area contributed by atoms with Gasteiger partial charge in [0.1, 0.15) is 12.1 Å². The predicted octanol–water partition coefficient (Wildman–Crippen LogP) is 2.29. The van der Waals surface area contributed by atoms with Crippen LogP contribution in [0.15, 0.2) is 30.3 Å². The first-order valence-corrected chi connectivity index (χ1v) is 8.91. The summed E-state index contributed by atoms with van der Waals surface area (Å²) >= 11 is 0. The van der Waals surface area contributed by atoms with Crippen LogP contribution in [0.1, 0.15) is 51.5 Å². The van der Waals surface area contributed by atoms with Crippen LogP contribution < -0.4 is 10.6 Å². The van der Waals surface area contributed by atoms with Gasteiger partial charge in [-0.3, -0.25) is 14.5 Å². The van der Waals surface area contributed by atoms with Crippen molar-refractivity contribution in [1.29, 1.82) is 0 Å². The Kier molecular flexibility index (Phi) is 4.54. The smallest absolute Gasteiger partial charge is 0.325 e. The zero-order valence-corrected chi connectivity index (χ0v) is 14.8. The Morgan fingerprint density at radius 1 is 1.24 bits per heavy atom. The van der Waals surface area contributed by atoms with Gasteiger partial charge in [-0.25, -0.2) is 4.79 Å². The Balaban J connectivity index is 1.69. The summed E-state index contributed by atoms with van der Waals surface area (Å²) in [6.45, 7) is 3.44. The molecule has 0 bridgehead atoms. The van der Waals surface area contributed by atoms with Crippen molar-refractivity contribution < 1.29 is 14.4 Å². The number of hydrogen-bond donors (Lipinski definition) is 2. The normalized spacial score (nSPS) is 24.6. The highest BCUT2D eigenvalue weighted by Crippen LogP contribution is 2.41. The molecule has 6 heteroatoms. The Morgan fingerprint density at radius 2 is 1.92 bits per heavy atom. The van der Waals surface area contributed by atoms with Crippen molar-refractivity contribution >= 4 is 17.8 Å². The Morgan fingerprint density at radius 3 is 2.48 bits per heavy atom. The molecule has 2 N–H and O–H groups in total. The lowest BCUT2D eigenvalue weighted by atomic mass is 9.72. The van der Waals surface area contributed by atoms with Crippen molar-refractivity contribution in [3.05, 3.63) is 35.9 Å². The fraction of sp³-hybridized carbons (Fsp3) is 0.526. The van der Waals surface area contributed by atoms with E-state index in [4.69, 9.17) is 0 Å². The lowest BCUT2D eigenvalue weighted by Crippen LogP contribution is -2.54. The van der Waals surface area contributed by atoms with Crippen LogP contribution >= 0.6 is 0 Å². The molecule has 1 aliphatic heterocycles. The molecule has 1 unspecified atom stereocenters. The van der Waals surface area contributed by atoms with E-state index in [0.717, 1.165) is 36.1 Å².